The lowest BCUT2D eigenvalue weighted by atomic mass is 9.77. The molecule has 0 saturated heterocycles. The van der Waals surface area contributed by atoms with Gasteiger partial charge < -0.3 is 20.1 Å². The summed E-state index contributed by atoms with van der Waals surface area (Å²) in [5, 5.41) is 5.48. The minimum atomic E-state index is -1.44. The molecule has 0 aromatic heterocycles. The van der Waals surface area contributed by atoms with Crippen LogP contribution in [0.1, 0.15) is 70.2 Å². The molecule has 1 aliphatic rings. The number of nitrogens with one attached hydrogen (secondary N) is 2. The fourth-order valence-corrected chi connectivity index (χ4v) is 8.02. The lowest BCUT2D eigenvalue weighted by Crippen LogP contribution is -2.49. The van der Waals surface area contributed by atoms with Crippen molar-refractivity contribution in [1.82, 2.24) is 0 Å². The van der Waals surface area contributed by atoms with Gasteiger partial charge in [-0.25, -0.2) is 9.59 Å². The highest BCUT2D eigenvalue weighted by atomic mass is 127. The summed E-state index contributed by atoms with van der Waals surface area (Å²) in [6, 6.07) is 0. The zero-order valence-corrected chi connectivity index (χ0v) is 25.4. The van der Waals surface area contributed by atoms with Gasteiger partial charge in [-0.3, -0.25) is 9.59 Å². The molecule has 33 heavy (non-hydrogen) atoms. The van der Waals surface area contributed by atoms with Crippen LogP contribution in [-0.4, -0.2) is 36.0 Å². The molecule has 1 aliphatic carbocycles. The van der Waals surface area contributed by atoms with E-state index in [9.17, 15) is 19.2 Å². The van der Waals surface area contributed by atoms with Gasteiger partial charge in [0.1, 0.15) is 0 Å². The van der Waals surface area contributed by atoms with Gasteiger partial charge >= 0.3 is 11.9 Å². The molecule has 0 spiro atoms. The van der Waals surface area contributed by atoms with Crippen molar-refractivity contribution in [3.05, 3.63) is 16.3 Å². The van der Waals surface area contributed by atoms with E-state index >= 15 is 0 Å². The summed E-state index contributed by atoms with van der Waals surface area (Å²) < 4.78 is 12.8. The molecule has 0 radical (unpaired) electrons. The van der Waals surface area contributed by atoms with Crippen molar-refractivity contribution in [2.45, 2.75) is 65.4 Å². The Labute approximate surface area is 234 Å². The molecule has 0 aliphatic heterocycles. The number of esters is 2. The monoisotopic (exact) mass is 796 g/mol. The Kier molecular flexibility index (Phi) is 10.6. The van der Waals surface area contributed by atoms with Gasteiger partial charge in [-0.05, 0) is 94.5 Å². The zero-order chi connectivity index (χ0) is 24.9. The number of carbonyl (C=O) groups excluding carboxylic acids is 4. The van der Waals surface area contributed by atoms with Crippen LogP contribution < -0.4 is 10.6 Å². The van der Waals surface area contributed by atoms with Gasteiger partial charge in [-0.15, -0.1) is 0 Å². The van der Waals surface area contributed by atoms with Crippen LogP contribution in [0.4, 0.5) is 11.4 Å². The van der Waals surface area contributed by atoms with E-state index in [0.717, 1.165) is 32.1 Å². The maximum Gasteiger partial charge on any atom is 0.350 e. The molecule has 1 aromatic rings. The fourth-order valence-electron chi connectivity index (χ4n) is 3.88. The lowest BCUT2D eigenvalue weighted by molar-refractivity contribution is -0.171. The molecule has 11 heteroatoms. The van der Waals surface area contributed by atoms with Crippen molar-refractivity contribution in [3.63, 3.8) is 0 Å². The predicted molar refractivity (Wildman–Crippen MR) is 150 cm³/mol. The molecular weight excluding hydrogens is 769 g/mol. The first-order chi connectivity index (χ1) is 15.4. The second-order valence-electron chi connectivity index (χ2n) is 7.98. The highest BCUT2D eigenvalue weighted by Crippen LogP contribution is 2.41. The maximum atomic E-state index is 13.6. The van der Waals surface area contributed by atoms with Crippen LogP contribution in [0.3, 0.4) is 0 Å². The zero-order valence-electron chi connectivity index (χ0n) is 18.9. The lowest BCUT2D eigenvalue weighted by Gasteiger charge is -2.37. The summed E-state index contributed by atoms with van der Waals surface area (Å²) >= 11 is 5.97. The van der Waals surface area contributed by atoms with Gasteiger partial charge in [0.15, 0.2) is 0 Å². The van der Waals surface area contributed by atoms with E-state index in [4.69, 9.17) is 9.47 Å². The molecule has 1 saturated carbocycles. The van der Waals surface area contributed by atoms with E-state index in [0.29, 0.717) is 22.1 Å². The largest absolute Gasteiger partial charge is 0.463 e. The van der Waals surface area contributed by atoms with E-state index in [1.807, 2.05) is 67.8 Å². The van der Waals surface area contributed by atoms with Crippen LogP contribution in [0, 0.1) is 16.6 Å². The smallest absolute Gasteiger partial charge is 0.350 e. The minimum Gasteiger partial charge on any atom is -0.463 e. The highest BCUT2D eigenvalue weighted by molar-refractivity contribution is 14.1. The van der Waals surface area contributed by atoms with Crippen LogP contribution in [0.25, 0.3) is 0 Å². The molecule has 0 bridgehead atoms. The summed E-state index contributed by atoms with van der Waals surface area (Å²) in [5.74, 6) is -2.07. The number of benzene rings is 1. The van der Waals surface area contributed by atoms with Crippen LogP contribution in [0.2, 0.25) is 0 Å². The first-order valence-electron chi connectivity index (χ1n) is 10.6. The van der Waals surface area contributed by atoms with Crippen molar-refractivity contribution in [3.8, 4) is 0 Å². The molecule has 1 atom stereocenters. The first-order valence-corrected chi connectivity index (χ1v) is 13.8. The molecule has 2 rings (SSSR count). The van der Waals surface area contributed by atoms with Crippen molar-refractivity contribution < 1.29 is 28.7 Å². The first kappa shape index (κ1) is 28.5. The second kappa shape index (κ2) is 12.3. The second-order valence-corrected chi connectivity index (χ2v) is 11.2. The minimum absolute atomic E-state index is 0.155. The number of hydrogen-bond donors (Lipinski definition) is 2. The van der Waals surface area contributed by atoms with Gasteiger partial charge in [-0.1, -0.05) is 19.3 Å². The third kappa shape index (κ3) is 6.70. The summed E-state index contributed by atoms with van der Waals surface area (Å²) in [4.78, 5) is 50.2. The average molecular weight is 796 g/mol. The molecule has 8 nitrogen and oxygen atoms in total. The summed E-state index contributed by atoms with van der Waals surface area (Å²) in [7, 11) is 0. The van der Waals surface area contributed by atoms with E-state index in [1.165, 1.54) is 13.8 Å². The van der Waals surface area contributed by atoms with Gasteiger partial charge in [0, 0.05) is 19.8 Å². The Hall–Kier alpha value is -0.710. The Balaban J connectivity index is 2.60. The number of ether oxygens (including phenoxy) is 2. The average Bonchev–Trinajstić information content (AvgIpc) is 2.74. The van der Waals surface area contributed by atoms with Crippen molar-refractivity contribution in [1.29, 1.82) is 0 Å². The number of hydrogen-bond acceptors (Lipinski definition) is 6. The van der Waals surface area contributed by atoms with E-state index in [2.05, 4.69) is 10.6 Å². The predicted octanol–water partition coefficient (Wildman–Crippen LogP) is 5.48. The van der Waals surface area contributed by atoms with E-state index < -0.39 is 17.5 Å². The van der Waals surface area contributed by atoms with Crippen LogP contribution in [-0.2, 0) is 23.9 Å². The summed E-state index contributed by atoms with van der Waals surface area (Å²) in [6.07, 6.45) is 4.51. The highest BCUT2D eigenvalue weighted by Gasteiger charge is 2.47. The van der Waals surface area contributed by atoms with Crippen molar-refractivity contribution in [2.24, 2.45) is 5.92 Å². The Morgan fingerprint density at radius 3 is 1.82 bits per heavy atom. The van der Waals surface area contributed by atoms with Gasteiger partial charge in [0.2, 0.25) is 17.4 Å². The number of anilines is 2. The maximum absolute atomic E-state index is 13.6. The number of amides is 2. The standard InChI is InChI=1S/C22H27I3N2O6/c1-5-32-21(31)22(4,13-9-7-6-8-10-13)33-20(30)14-15(23)18(26-11(2)28)17(25)19(16(14)24)27-12(3)29/h13H,5-10H2,1-4H3,(H,26,28)(H,27,29). The van der Waals surface area contributed by atoms with Gasteiger partial charge in [-0.2, -0.15) is 0 Å². The topological polar surface area (TPSA) is 111 Å². The summed E-state index contributed by atoms with van der Waals surface area (Å²) in [6.45, 7) is 6.24. The quantitative estimate of drug-likeness (QED) is 0.280. The van der Waals surface area contributed by atoms with Crippen LogP contribution >= 0.6 is 67.8 Å². The molecule has 0 heterocycles. The molecule has 1 unspecified atom stereocenters. The fraction of sp³-hybridized carbons (Fsp3) is 0.545. The molecule has 1 fully saturated rings. The third-order valence-electron chi connectivity index (χ3n) is 5.49. The Morgan fingerprint density at radius 2 is 1.39 bits per heavy atom. The molecule has 2 amide bonds. The molecule has 182 valence electrons. The van der Waals surface area contributed by atoms with E-state index in [-0.39, 0.29) is 29.9 Å². The number of halogens is 3. The molecule has 1 aromatic carbocycles. The normalized spacial score (nSPS) is 15.8. The van der Waals surface area contributed by atoms with Crippen LogP contribution in [0.15, 0.2) is 0 Å². The summed E-state index contributed by atoms with van der Waals surface area (Å²) in [5.41, 5.74) is -0.466. The van der Waals surface area contributed by atoms with Gasteiger partial charge in [0.05, 0.1) is 34.3 Å². The Morgan fingerprint density at radius 1 is 0.909 bits per heavy atom. The van der Waals surface area contributed by atoms with Crippen molar-refractivity contribution in [2.75, 3.05) is 17.2 Å². The van der Waals surface area contributed by atoms with Crippen LogP contribution in [0.5, 0.6) is 0 Å². The van der Waals surface area contributed by atoms with Gasteiger partial charge in [0.25, 0.3) is 0 Å². The molecule has 2 N–H and O–H groups in total. The van der Waals surface area contributed by atoms with E-state index in [1.54, 1.807) is 13.8 Å². The Bertz CT molecular complexity index is 919. The SMILES string of the molecule is CCOC(=O)C(C)(OC(=O)c1c(I)c(NC(C)=O)c(I)c(NC(C)=O)c1I)C1CCCCC1. The molecular formula is C22H27I3N2O6. The third-order valence-corrected chi connectivity index (χ3v) is 8.73. The number of carbonyl (C=O) groups is 4. The number of rotatable bonds is 7. The van der Waals surface area contributed by atoms with Crippen molar-refractivity contribution >= 4 is 103 Å².